The van der Waals surface area contributed by atoms with Gasteiger partial charge in [-0.15, -0.1) is 0 Å². The van der Waals surface area contributed by atoms with E-state index in [1.165, 1.54) is 16.1 Å². The van der Waals surface area contributed by atoms with Gasteiger partial charge in [0.05, 0.1) is 16.4 Å². The zero-order valence-electron chi connectivity index (χ0n) is 14.0. The van der Waals surface area contributed by atoms with E-state index >= 15 is 0 Å². The van der Waals surface area contributed by atoms with Gasteiger partial charge in [-0.2, -0.15) is 5.10 Å². The van der Waals surface area contributed by atoms with E-state index in [-0.39, 0.29) is 0 Å². The molecule has 0 aliphatic rings. The van der Waals surface area contributed by atoms with Gasteiger partial charge in [0.25, 0.3) is 0 Å². The zero-order valence-corrected chi connectivity index (χ0v) is 14.8. The molecule has 120 valence electrons. The number of anilines is 1. The minimum absolute atomic E-state index is 0.630. The highest BCUT2D eigenvalue weighted by molar-refractivity contribution is 7.22. The first-order chi connectivity index (χ1) is 11.0. The van der Waals surface area contributed by atoms with Crippen molar-refractivity contribution in [3.05, 3.63) is 47.3 Å². The van der Waals surface area contributed by atoms with E-state index in [1.54, 1.807) is 11.3 Å². The van der Waals surface area contributed by atoms with Crippen molar-refractivity contribution in [1.82, 2.24) is 9.55 Å². The monoisotopic (exact) mass is 326 g/mol. The van der Waals surface area contributed by atoms with Gasteiger partial charge >= 0.3 is 0 Å². The third-order valence-electron chi connectivity index (χ3n) is 3.82. The number of fused-ring (bicyclic) bond motifs is 1. The fraction of sp³-hybridized carbons (Fsp3) is 0.333. The van der Waals surface area contributed by atoms with Crippen molar-refractivity contribution in [1.29, 1.82) is 0 Å². The topological polar surface area (TPSA) is 42.2 Å². The Hall–Kier alpha value is -2.14. The highest BCUT2D eigenvalue weighted by atomic mass is 32.1. The molecule has 0 saturated carbocycles. The molecule has 0 atom stereocenters. The molecule has 4 nitrogen and oxygen atoms in total. The second-order valence-electron chi connectivity index (χ2n) is 6.19. The number of benzene rings is 1. The third-order valence-corrected chi connectivity index (χ3v) is 4.76. The lowest BCUT2D eigenvalue weighted by Gasteiger charge is -2.11. The number of aryl methyl sites for hydroxylation is 1. The molecular weight excluding hydrogens is 304 g/mol. The van der Waals surface area contributed by atoms with Gasteiger partial charge in [-0.05, 0) is 38.0 Å². The lowest BCUT2D eigenvalue weighted by molar-refractivity contribution is 0.509. The van der Waals surface area contributed by atoms with Crippen molar-refractivity contribution in [2.75, 3.05) is 5.43 Å². The average Bonchev–Trinajstić information content (AvgIpc) is 3.03. The van der Waals surface area contributed by atoms with Gasteiger partial charge in [-0.25, -0.2) is 4.98 Å². The number of hydrogen-bond acceptors (Lipinski definition) is 4. The fourth-order valence-corrected chi connectivity index (χ4v) is 3.50. The van der Waals surface area contributed by atoms with E-state index in [1.807, 2.05) is 24.4 Å². The molecule has 0 bridgehead atoms. The molecule has 23 heavy (non-hydrogen) atoms. The second-order valence-corrected chi connectivity index (χ2v) is 7.22. The first kappa shape index (κ1) is 15.7. The van der Waals surface area contributed by atoms with Crippen LogP contribution in [0.5, 0.6) is 0 Å². The van der Waals surface area contributed by atoms with Crippen LogP contribution in [-0.4, -0.2) is 15.8 Å². The van der Waals surface area contributed by atoms with Crippen molar-refractivity contribution in [2.24, 2.45) is 11.0 Å². The summed E-state index contributed by atoms with van der Waals surface area (Å²) >= 11 is 1.61. The number of aromatic nitrogens is 2. The largest absolute Gasteiger partial charge is 0.348 e. The highest BCUT2D eigenvalue weighted by Crippen LogP contribution is 2.25. The van der Waals surface area contributed by atoms with Gasteiger partial charge < -0.3 is 4.57 Å². The highest BCUT2D eigenvalue weighted by Gasteiger charge is 2.08. The maximum atomic E-state index is 4.52. The molecule has 0 spiro atoms. The quantitative estimate of drug-likeness (QED) is 0.540. The van der Waals surface area contributed by atoms with Crippen molar-refractivity contribution in [2.45, 2.75) is 34.2 Å². The Kier molecular flexibility index (Phi) is 4.48. The molecule has 1 aromatic carbocycles. The van der Waals surface area contributed by atoms with Crippen LogP contribution in [0.4, 0.5) is 5.13 Å². The fourth-order valence-electron chi connectivity index (χ4n) is 2.68. The number of hydrazone groups is 1. The minimum Gasteiger partial charge on any atom is -0.348 e. The van der Waals surface area contributed by atoms with E-state index in [9.17, 15) is 0 Å². The van der Waals surface area contributed by atoms with E-state index in [0.717, 1.165) is 22.8 Å². The standard InChI is InChI=1S/C18H22N4S/c1-12(2)11-22-13(3)9-15(14(22)4)10-19-21-18-20-16-7-5-6-8-17(16)23-18/h5-10,12H,11H2,1-4H3,(H,20,21)/b19-10+. The molecule has 3 rings (SSSR count). The number of para-hydroxylation sites is 1. The normalized spacial score (nSPS) is 11.9. The number of rotatable bonds is 5. The minimum atomic E-state index is 0.630. The maximum Gasteiger partial charge on any atom is 0.204 e. The molecule has 2 aromatic heterocycles. The zero-order chi connectivity index (χ0) is 16.4. The van der Waals surface area contributed by atoms with Crippen LogP contribution in [0.25, 0.3) is 10.2 Å². The molecule has 3 aromatic rings. The van der Waals surface area contributed by atoms with E-state index in [0.29, 0.717) is 5.92 Å². The van der Waals surface area contributed by atoms with Crippen molar-refractivity contribution in [3.63, 3.8) is 0 Å². The maximum absolute atomic E-state index is 4.52. The Morgan fingerprint density at radius 2 is 2.09 bits per heavy atom. The van der Waals surface area contributed by atoms with Gasteiger partial charge in [-0.3, -0.25) is 5.43 Å². The van der Waals surface area contributed by atoms with Crippen molar-refractivity contribution < 1.29 is 0 Å². The van der Waals surface area contributed by atoms with Crippen LogP contribution in [0.3, 0.4) is 0 Å². The molecule has 0 saturated heterocycles. The van der Waals surface area contributed by atoms with Crippen molar-refractivity contribution in [3.8, 4) is 0 Å². The SMILES string of the molecule is Cc1cc(/C=N/Nc2nc3ccccc3s2)c(C)n1CC(C)C. The number of nitrogens with one attached hydrogen (secondary N) is 1. The predicted octanol–water partition coefficient (Wildman–Crippen LogP) is 4.82. The first-order valence-corrected chi connectivity index (χ1v) is 8.67. The summed E-state index contributed by atoms with van der Waals surface area (Å²) in [5, 5.41) is 5.18. The van der Waals surface area contributed by atoms with E-state index in [4.69, 9.17) is 0 Å². The molecule has 5 heteroatoms. The summed E-state index contributed by atoms with van der Waals surface area (Å²) in [4.78, 5) is 4.52. The summed E-state index contributed by atoms with van der Waals surface area (Å²) in [5.74, 6) is 0.630. The Balaban J connectivity index is 1.75. The first-order valence-electron chi connectivity index (χ1n) is 7.86. The molecule has 0 amide bonds. The van der Waals surface area contributed by atoms with Crippen LogP contribution < -0.4 is 5.43 Å². The molecular formula is C18H22N4S. The van der Waals surface area contributed by atoms with Crippen LogP contribution in [-0.2, 0) is 6.54 Å². The summed E-state index contributed by atoms with van der Waals surface area (Å²) in [5.41, 5.74) is 7.73. The summed E-state index contributed by atoms with van der Waals surface area (Å²) in [7, 11) is 0. The Morgan fingerprint density at radius 1 is 1.30 bits per heavy atom. The van der Waals surface area contributed by atoms with Gasteiger partial charge in [-0.1, -0.05) is 37.3 Å². The summed E-state index contributed by atoms with van der Waals surface area (Å²) < 4.78 is 3.52. The van der Waals surface area contributed by atoms with Crippen LogP contribution in [0, 0.1) is 19.8 Å². The third kappa shape index (κ3) is 3.45. The molecule has 0 radical (unpaired) electrons. The van der Waals surface area contributed by atoms with Gasteiger partial charge in [0.2, 0.25) is 5.13 Å². The van der Waals surface area contributed by atoms with Crippen LogP contribution in [0.15, 0.2) is 35.4 Å². The van der Waals surface area contributed by atoms with Crippen molar-refractivity contribution >= 4 is 32.9 Å². The molecule has 1 N–H and O–H groups in total. The van der Waals surface area contributed by atoms with Gasteiger partial charge in [0.1, 0.15) is 0 Å². The lowest BCUT2D eigenvalue weighted by Crippen LogP contribution is -2.08. The Morgan fingerprint density at radius 3 is 2.83 bits per heavy atom. The molecule has 0 aliphatic heterocycles. The molecule has 0 unspecified atom stereocenters. The predicted molar refractivity (Wildman–Crippen MR) is 99.6 cm³/mol. The van der Waals surface area contributed by atoms with Crippen LogP contribution >= 0.6 is 11.3 Å². The number of nitrogens with zero attached hydrogens (tertiary/aromatic N) is 3. The van der Waals surface area contributed by atoms with Gasteiger partial charge in [0, 0.05) is 23.5 Å². The number of hydrogen-bond donors (Lipinski definition) is 1. The summed E-state index contributed by atoms with van der Waals surface area (Å²) in [6.07, 6.45) is 1.88. The second kappa shape index (κ2) is 6.54. The molecule has 2 heterocycles. The smallest absolute Gasteiger partial charge is 0.204 e. The molecule has 0 aliphatic carbocycles. The van der Waals surface area contributed by atoms with Gasteiger partial charge in [0.15, 0.2) is 0 Å². The average molecular weight is 326 g/mol. The summed E-state index contributed by atoms with van der Waals surface area (Å²) in [6, 6.07) is 10.3. The van der Waals surface area contributed by atoms with E-state index in [2.05, 4.69) is 59.9 Å². The summed E-state index contributed by atoms with van der Waals surface area (Å²) in [6.45, 7) is 9.81. The molecule has 0 fully saturated rings. The van der Waals surface area contributed by atoms with E-state index < -0.39 is 0 Å². The van der Waals surface area contributed by atoms with Crippen LogP contribution in [0.2, 0.25) is 0 Å². The lowest BCUT2D eigenvalue weighted by atomic mass is 10.2. The van der Waals surface area contributed by atoms with Crippen LogP contribution in [0.1, 0.15) is 30.8 Å². The Labute approximate surface area is 140 Å². The number of thiazole rings is 1. The Bertz CT molecular complexity index is 809.